The van der Waals surface area contributed by atoms with E-state index in [4.69, 9.17) is 11.6 Å². The molecule has 4 amide bonds. The van der Waals surface area contributed by atoms with E-state index in [1.165, 1.54) is 25.3 Å². The maximum atomic E-state index is 14.1. The van der Waals surface area contributed by atoms with E-state index in [0.717, 1.165) is 18.2 Å². The Morgan fingerprint density at radius 2 is 2.04 bits per heavy atom. The second-order valence-electron chi connectivity index (χ2n) is 5.98. The minimum atomic E-state index is -1.83. The third-order valence-corrected chi connectivity index (χ3v) is 4.26. The maximum absolute atomic E-state index is 14.1. The lowest BCUT2D eigenvalue weighted by Gasteiger charge is -2.22. The fourth-order valence-corrected chi connectivity index (χ4v) is 2.79. The van der Waals surface area contributed by atoms with Gasteiger partial charge in [-0.25, -0.2) is 18.6 Å². The van der Waals surface area contributed by atoms with E-state index in [9.17, 15) is 23.2 Å². The van der Waals surface area contributed by atoms with Crippen LogP contribution >= 0.6 is 11.6 Å². The molecule has 1 aliphatic rings. The summed E-state index contributed by atoms with van der Waals surface area (Å²) in [4.78, 5) is 41.5. The highest BCUT2D eigenvalue weighted by atomic mass is 35.5. The molecular formula is C17H13ClF2N4O3. The van der Waals surface area contributed by atoms with Crippen LogP contribution in [-0.2, 0) is 15.1 Å². The first kappa shape index (κ1) is 18.7. The highest BCUT2D eigenvalue weighted by molar-refractivity contribution is 6.30. The molecule has 1 aromatic heterocycles. The summed E-state index contributed by atoms with van der Waals surface area (Å²) in [6, 6.07) is 4.63. The van der Waals surface area contributed by atoms with Crippen LogP contribution in [0.2, 0.25) is 5.02 Å². The largest absolute Gasteiger partial charge is 0.325 e. The van der Waals surface area contributed by atoms with E-state index < -0.39 is 41.6 Å². The van der Waals surface area contributed by atoms with E-state index in [1.807, 2.05) is 0 Å². The molecular weight excluding hydrogens is 382 g/mol. The van der Waals surface area contributed by atoms with Gasteiger partial charge in [0.1, 0.15) is 29.5 Å². The van der Waals surface area contributed by atoms with Crippen LogP contribution in [0.15, 0.2) is 36.5 Å². The van der Waals surface area contributed by atoms with Crippen molar-refractivity contribution in [3.05, 3.63) is 58.7 Å². The fraction of sp³-hybridized carbons (Fsp3) is 0.176. The lowest BCUT2D eigenvalue weighted by molar-refractivity contribution is -0.133. The van der Waals surface area contributed by atoms with Crippen molar-refractivity contribution in [1.29, 1.82) is 0 Å². The van der Waals surface area contributed by atoms with E-state index in [-0.39, 0.29) is 11.4 Å². The number of nitrogens with zero attached hydrogens (tertiary/aromatic N) is 2. The van der Waals surface area contributed by atoms with Gasteiger partial charge in [0.05, 0.1) is 5.02 Å². The normalized spacial score (nSPS) is 19.2. The highest BCUT2D eigenvalue weighted by Crippen LogP contribution is 2.31. The second-order valence-corrected chi connectivity index (χ2v) is 6.42. The number of hydrogen-bond donors (Lipinski definition) is 2. The van der Waals surface area contributed by atoms with Crippen LogP contribution in [0.5, 0.6) is 0 Å². The molecule has 0 spiro atoms. The highest BCUT2D eigenvalue weighted by Gasteiger charge is 2.50. The molecule has 1 saturated heterocycles. The summed E-state index contributed by atoms with van der Waals surface area (Å²) >= 11 is 5.70. The predicted molar refractivity (Wildman–Crippen MR) is 91.8 cm³/mol. The van der Waals surface area contributed by atoms with Crippen LogP contribution < -0.4 is 10.6 Å². The van der Waals surface area contributed by atoms with Crippen LogP contribution in [0.25, 0.3) is 0 Å². The molecule has 3 rings (SSSR count). The standard InChI is InChI=1S/C17H13ClF2N4O3/c1-17(11-6-10(19)3-4-12(11)20)15(26)24(16(27)23-17)8-14(25)22-13-5-2-9(18)7-21-13/h2-7H,8H2,1H3,(H,23,27)(H,21,22,25)/t17-/m1/s1. The van der Waals surface area contributed by atoms with Crippen LogP contribution in [0.3, 0.4) is 0 Å². The van der Waals surface area contributed by atoms with Crippen LogP contribution in [0, 0.1) is 11.6 Å². The summed E-state index contributed by atoms with van der Waals surface area (Å²) in [5.41, 5.74) is -2.16. The van der Waals surface area contributed by atoms with Crippen molar-refractivity contribution in [1.82, 2.24) is 15.2 Å². The number of aromatic nitrogens is 1. The van der Waals surface area contributed by atoms with Gasteiger partial charge in [-0.15, -0.1) is 0 Å². The summed E-state index contributed by atoms with van der Waals surface area (Å²) in [7, 11) is 0. The van der Waals surface area contributed by atoms with Crippen molar-refractivity contribution in [2.24, 2.45) is 0 Å². The predicted octanol–water partition coefficient (Wildman–Crippen LogP) is 2.42. The van der Waals surface area contributed by atoms with Gasteiger partial charge in [-0.1, -0.05) is 11.6 Å². The van der Waals surface area contributed by atoms with Crippen molar-refractivity contribution in [3.63, 3.8) is 0 Å². The molecule has 2 N–H and O–H groups in total. The van der Waals surface area contributed by atoms with Gasteiger partial charge >= 0.3 is 6.03 Å². The maximum Gasteiger partial charge on any atom is 0.325 e. The number of anilines is 1. The molecule has 0 unspecified atom stereocenters. The Hall–Kier alpha value is -3.07. The monoisotopic (exact) mass is 394 g/mol. The third kappa shape index (κ3) is 3.59. The van der Waals surface area contributed by atoms with Gasteiger partial charge in [0.25, 0.3) is 5.91 Å². The minimum absolute atomic E-state index is 0.176. The summed E-state index contributed by atoms with van der Waals surface area (Å²) < 4.78 is 27.6. The molecule has 1 aliphatic heterocycles. The first-order valence-electron chi connectivity index (χ1n) is 7.72. The first-order chi connectivity index (χ1) is 12.7. The van der Waals surface area contributed by atoms with Gasteiger partial charge in [0.15, 0.2) is 0 Å². The summed E-state index contributed by atoms with van der Waals surface area (Å²) in [5, 5.41) is 5.09. The molecule has 0 bridgehead atoms. The molecule has 2 heterocycles. The molecule has 0 radical (unpaired) electrons. The fourth-order valence-electron chi connectivity index (χ4n) is 2.68. The Kier molecular flexibility index (Phi) is 4.79. The molecule has 1 aromatic carbocycles. The van der Waals surface area contributed by atoms with E-state index >= 15 is 0 Å². The number of carbonyl (C=O) groups is 3. The van der Waals surface area contributed by atoms with Crippen molar-refractivity contribution >= 4 is 35.3 Å². The molecule has 10 heteroatoms. The first-order valence-corrected chi connectivity index (χ1v) is 8.09. The Morgan fingerprint density at radius 1 is 1.30 bits per heavy atom. The van der Waals surface area contributed by atoms with E-state index in [1.54, 1.807) is 0 Å². The van der Waals surface area contributed by atoms with Crippen LogP contribution in [0.1, 0.15) is 12.5 Å². The molecule has 27 heavy (non-hydrogen) atoms. The number of urea groups is 1. The van der Waals surface area contributed by atoms with Gasteiger partial charge < -0.3 is 10.6 Å². The Balaban J connectivity index is 1.78. The summed E-state index contributed by atoms with van der Waals surface area (Å²) in [5.74, 6) is -3.02. The lowest BCUT2D eigenvalue weighted by Crippen LogP contribution is -2.42. The molecule has 1 atom stereocenters. The summed E-state index contributed by atoms with van der Waals surface area (Å²) in [6.45, 7) is 0.616. The minimum Gasteiger partial charge on any atom is -0.319 e. The van der Waals surface area contributed by atoms with E-state index in [2.05, 4.69) is 15.6 Å². The van der Waals surface area contributed by atoms with Gasteiger partial charge in [-0.05, 0) is 37.3 Å². The molecule has 140 valence electrons. The number of carbonyl (C=O) groups excluding carboxylic acids is 3. The van der Waals surface area contributed by atoms with Gasteiger partial charge in [0, 0.05) is 11.8 Å². The average molecular weight is 395 g/mol. The third-order valence-electron chi connectivity index (χ3n) is 4.04. The number of halogens is 3. The summed E-state index contributed by atoms with van der Waals surface area (Å²) in [6.07, 6.45) is 1.31. The Bertz CT molecular complexity index is 938. The van der Waals surface area contributed by atoms with E-state index in [0.29, 0.717) is 9.92 Å². The molecule has 2 aromatic rings. The number of rotatable bonds is 4. The zero-order valence-electron chi connectivity index (χ0n) is 13.9. The number of imide groups is 1. The van der Waals surface area contributed by atoms with Crippen LogP contribution in [-0.4, -0.2) is 34.3 Å². The van der Waals surface area contributed by atoms with Gasteiger partial charge in [0.2, 0.25) is 5.91 Å². The van der Waals surface area contributed by atoms with Crippen LogP contribution in [0.4, 0.5) is 19.4 Å². The topological polar surface area (TPSA) is 91.4 Å². The molecule has 1 fully saturated rings. The Labute approximate surface area is 157 Å². The Morgan fingerprint density at radius 3 is 2.70 bits per heavy atom. The quantitative estimate of drug-likeness (QED) is 0.779. The van der Waals surface area contributed by atoms with Gasteiger partial charge in [-0.3, -0.25) is 14.5 Å². The number of nitrogens with one attached hydrogen (secondary N) is 2. The van der Waals surface area contributed by atoms with Crippen molar-refractivity contribution < 1.29 is 23.2 Å². The zero-order chi connectivity index (χ0) is 19.8. The van der Waals surface area contributed by atoms with Crippen molar-refractivity contribution in [2.45, 2.75) is 12.5 Å². The van der Waals surface area contributed by atoms with Crippen molar-refractivity contribution in [3.8, 4) is 0 Å². The number of pyridine rings is 1. The average Bonchev–Trinajstić information content (AvgIpc) is 2.83. The second kappa shape index (κ2) is 6.92. The molecule has 0 aliphatic carbocycles. The smallest absolute Gasteiger partial charge is 0.319 e. The van der Waals surface area contributed by atoms with Gasteiger partial charge in [-0.2, -0.15) is 0 Å². The number of amides is 4. The SMILES string of the molecule is C[C@]1(c2cc(F)ccc2F)NC(=O)N(CC(=O)Nc2ccc(Cl)cn2)C1=O. The molecule has 7 nitrogen and oxygen atoms in total. The number of benzene rings is 1. The zero-order valence-corrected chi connectivity index (χ0v) is 14.7. The lowest BCUT2D eigenvalue weighted by atomic mass is 9.91. The number of hydrogen-bond acceptors (Lipinski definition) is 4. The molecule has 0 saturated carbocycles. The van der Waals surface area contributed by atoms with Crippen molar-refractivity contribution in [2.75, 3.05) is 11.9 Å².